The van der Waals surface area contributed by atoms with Gasteiger partial charge in [0.1, 0.15) is 6.04 Å². The first-order valence-electron chi connectivity index (χ1n) is 4.52. The summed E-state index contributed by atoms with van der Waals surface area (Å²) in [6.07, 6.45) is 1.47. The molecule has 0 aromatic rings. The highest BCUT2D eigenvalue weighted by Crippen LogP contribution is 2.21. The van der Waals surface area contributed by atoms with E-state index in [1.807, 2.05) is 6.92 Å². The van der Waals surface area contributed by atoms with Crippen LogP contribution in [0.2, 0.25) is 0 Å². The quantitative estimate of drug-likeness (QED) is 0.654. The normalized spacial score (nSPS) is 28.6. The Hall–Kier alpha value is -1.06. The predicted molar refractivity (Wildman–Crippen MR) is 47.2 cm³/mol. The third kappa shape index (κ3) is 2.20. The lowest BCUT2D eigenvalue weighted by Crippen LogP contribution is -2.49. The Morgan fingerprint density at radius 1 is 1.38 bits per heavy atom. The van der Waals surface area contributed by atoms with Crippen molar-refractivity contribution in [2.24, 2.45) is 5.92 Å². The van der Waals surface area contributed by atoms with E-state index in [1.54, 1.807) is 0 Å². The van der Waals surface area contributed by atoms with Crippen LogP contribution in [-0.4, -0.2) is 34.5 Å². The summed E-state index contributed by atoms with van der Waals surface area (Å²) in [6.45, 7) is 4.04. The maximum Gasteiger partial charge on any atom is 0.326 e. The molecule has 0 spiro atoms. The molecule has 0 aliphatic carbocycles. The van der Waals surface area contributed by atoms with Crippen LogP contribution in [0.3, 0.4) is 0 Å². The molecule has 1 rings (SSSR count). The van der Waals surface area contributed by atoms with Crippen LogP contribution in [0.1, 0.15) is 26.7 Å². The molecule has 1 amide bonds. The molecule has 1 heterocycles. The van der Waals surface area contributed by atoms with Gasteiger partial charge in [0, 0.05) is 13.5 Å². The van der Waals surface area contributed by atoms with Gasteiger partial charge in [-0.05, 0) is 18.8 Å². The van der Waals surface area contributed by atoms with Crippen LogP contribution in [0.25, 0.3) is 0 Å². The first-order valence-corrected chi connectivity index (χ1v) is 4.52. The van der Waals surface area contributed by atoms with Crippen LogP contribution in [0.5, 0.6) is 0 Å². The second kappa shape index (κ2) is 3.77. The summed E-state index contributed by atoms with van der Waals surface area (Å²) >= 11 is 0. The van der Waals surface area contributed by atoms with E-state index in [9.17, 15) is 9.59 Å². The Kier molecular flexibility index (Phi) is 2.90. The summed E-state index contributed by atoms with van der Waals surface area (Å²) < 4.78 is 0. The summed E-state index contributed by atoms with van der Waals surface area (Å²) in [4.78, 5) is 23.4. The molecular formula is C9H15NO3. The molecule has 1 aliphatic heterocycles. The van der Waals surface area contributed by atoms with Crippen molar-refractivity contribution in [3.05, 3.63) is 0 Å². The smallest absolute Gasteiger partial charge is 0.326 e. The van der Waals surface area contributed by atoms with E-state index in [0.29, 0.717) is 18.9 Å². The lowest BCUT2D eigenvalue weighted by atomic mass is 9.94. The summed E-state index contributed by atoms with van der Waals surface area (Å²) in [7, 11) is 0. The first kappa shape index (κ1) is 10.0. The average Bonchev–Trinajstić information content (AvgIpc) is 2.03. The molecule has 1 fully saturated rings. The number of carboxylic acids is 1. The summed E-state index contributed by atoms with van der Waals surface area (Å²) in [5.41, 5.74) is 0. The van der Waals surface area contributed by atoms with E-state index in [1.165, 1.54) is 11.8 Å². The Labute approximate surface area is 77.5 Å². The second-order valence-electron chi connectivity index (χ2n) is 3.71. The fourth-order valence-electron chi connectivity index (χ4n) is 1.76. The van der Waals surface area contributed by atoms with E-state index in [2.05, 4.69) is 0 Å². The number of carbonyl (C=O) groups excluding carboxylic acids is 1. The van der Waals surface area contributed by atoms with E-state index in [-0.39, 0.29) is 5.91 Å². The number of carboxylic acid groups (broad SMARTS) is 1. The van der Waals surface area contributed by atoms with Crippen molar-refractivity contribution in [3.63, 3.8) is 0 Å². The van der Waals surface area contributed by atoms with Gasteiger partial charge < -0.3 is 10.0 Å². The fraction of sp³-hybridized carbons (Fsp3) is 0.778. The van der Waals surface area contributed by atoms with Gasteiger partial charge >= 0.3 is 5.97 Å². The van der Waals surface area contributed by atoms with Crippen LogP contribution >= 0.6 is 0 Å². The second-order valence-corrected chi connectivity index (χ2v) is 3.71. The molecule has 0 bridgehead atoms. The minimum absolute atomic E-state index is 0.140. The van der Waals surface area contributed by atoms with Crippen LogP contribution in [-0.2, 0) is 9.59 Å². The highest BCUT2D eigenvalue weighted by Gasteiger charge is 2.32. The molecule has 74 valence electrons. The molecule has 1 N–H and O–H groups in total. The predicted octanol–water partition coefficient (Wildman–Crippen LogP) is 0.718. The van der Waals surface area contributed by atoms with E-state index in [4.69, 9.17) is 5.11 Å². The Bertz CT molecular complexity index is 227. The molecule has 4 nitrogen and oxygen atoms in total. The maximum absolute atomic E-state index is 11.1. The largest absolute Gasteiger partial charge is 0.480 e. The number of carbonyl (C=O) groups is 2. The van der Waals surface area contributed by atoms with Crippen LogP contribution in [0, 0.1) is 5.92 Å². The van der Waals surface area contributed by atoms with Gasteiger partial charge in [-0.2, -0.15) is 0 Å². The van der Waals surface area contributed by atoms with E-state index < -0.39 is 12.0 Å². The van der Waals surface area contributed by atoms with Gasteiger partial charge in [0.15, 0.2) is 0 Å². The lowest BCUT2D eigenvalue weighted by Gasteiger charge is -2.35. The maximum atomic E-state index is 11.1. The van der Waals surface area contributed by atoms with Gasteiger partial charge in [0.2, 0.25) is 5.91 Å². The minimum Gasteiger partial charge on any atom is -0.480 e. The number of hydrogen-bond acceptors (Lipinski definition) is 2. The average molecular weight is 185 g/mol. The van der Waals surface area contributed by atoms with Crippen molar-refractivity contribution in [2.45, 2.75) is 32.7 Å². The monoisotopic (exact) mass is 185 g/mol. The number of piperidine rings is 1. The fourth-order valence-corrected chi connectivity index (χ4v) is 1.76. The molecule has 2 atom stereocenters. The zero-order valence-corrected chi connectivity index (χ0v) is 7.99. The van der Waals surface area contributed by atoms with Crippen molar-refractivity contribution in [1.29, 1.82) is 0 Å². The molecule has 0 aromatic carbocycles. The van der Waals surface area contributed by atoms with E-state index >= 15 is 0 Å². The number of amides is 1. The number of nitrogens with zero attached hydrogens (tertiary/aromatic N) is 1. The van der Waals surface area contributed by atoms with Gasteiger partial charge in [0.25, 0.3) is 0 Å². The van der Waals surface area contributed by atoms with Crippen molar-refractivity contribution in [1.82, 2.24) is 4.90 Å². The summed E-state index contributed by atoms with van der Waals surface area (Å²) in [5, 5.41) is 8.85. The Balaban J connectivity index is 2.72. The number of hydrogen-bond donors (Lipinski definition) is 1. The summed E-state index contributed by atoms with van der Waals surface area (Å²) in [6, 6.07) is -0.603. The van der Waals surface area contributed by atoms with Gasteiger partial charge in [-0.1, -0.05) is 6.92 Å². The molecule has 13 heavy (non-hydrogen) atoms. The highest BCUT2D eigenvalue weighted by molar-refractivity contribution is 5.82. The number of likely N-dealkylation sites (tertiary alicyclic amines) is 1. The molecule has 0 aromatic heterocycles. The zero-order valence-electron chi connectivity index (χ0n) is 7.99. The Morgan fingerprint density at radius 3 is 2.46 bits per heavy atom. The van der Waals surface area contributed by atoms with Gasteiger partial charge in [-0.3, -0.25) is 4.79 Å². The van der Waals surface area contributed by atoms with Gasteiger partial charge in [-0.25, -0.2) is 4.79 Å². The van der Waals surface area contributed by atoms with Crippen LogP contribution in [0.4, 0.5) is 0 Å². The van der Waals surface area contributed by atoms with Crippen LogP contribution < -0.4 is 0 Å². The third-order valence-corrected chi connectivity index (χ3v) is 2.51. The minimum atomic E-state index is -0.887. The molecule has 1 aliphatic rings. The highest BCUT2D eigenvalue weighted by atomic mass is 16.4. The molecule has 1 unspecified atom stereocenters. The lowest BCUT2D eigenvalue weighted by molar-refractivity contribution is -0.152. The van der Waals surface area contributed by atoms with Crippen molar-refractivity contribution >= 4 is 11.9 Å². The van der Waals surface area contributed by atoms with Crippen molar-refractivity contribution in [3.8, 4) is 0 Å². The number of rotatable bonds is 1. The zero-order chi connectivity index (χ0) is 10.0. The molecule has 4 heteroatoms. The molecule has 1 saturated heterocycles. The first-order chi connectivity index (χ1) is 6.02. The molecule has 0 saturated carbocycles. The standard InChI is InChI=1S/C9H15NO3/c1-6-3-4-8(9(12)13)10(5-6)7(2)11/h6,8H,3-5H2,1-2H3,(H,12,13)/t6-,8?/m0/s1. The van der Waals surface area contributed by atoms with Crippen molar-refractivity contribution < 1.29 is 14.7 Å². The Morgan fingerprint density at radius 2 is 2.00 bits per heavy atom. The molecular weight excluding hydrogens is 170 g/mol. The van der Waals surface area contributed by atoms with Crippen LogP contribution in [0.15, 0.2) is 0 Å². The van der Waals surface area contributed by atoms with Crippen molar-refractivity contribution in [2.75, 3.05) is 6.54 Å². The topological polar surface area (TPSA) is 57.6 Å². The van der Waals surface area contributed by atoms with Gasteiger partial charge in [-0.15, -0.1) is 0 Å². The number of aliphatic carboxylic acids is 1. The summed E-state index contributed by atoms with van der Waals surface area (Å²) in [5.74, 6) is -0.611. The van der Waals surface area contributed by atoms with Gasteiger partial charge in [0.05, 0.1) is 0 Å². The third-order valence-electron chi connectivity index (χ3n) is 2.51. The van der Waals surface area contributed by atoms with E-state index in [0.717, 1.165) is 6.42 Å². The molecule has 0 radical (unpaired) electrons. The SMILES string of the molecule is CC(=O)N1C[C@@H](C)CCC1C(=O)O.